The van der Waals surface area contributed by atoms with Gasteiger partial charge in [0.15, 0.2) is 10.8 Å². The molecule has 1 fully saturated rings. The van der Waals surface area contributed by atoms with Crippen molar-refractivity contribution in [3.8, 4) is 11.5 Å². The van der Waals surface area contributed by atoms with Crippen molar-refractivity contribution in [2.45, 2.75) is 18.7 Å². The predicted molar refractivity (Wildman–Crippen MR) is 133 cm³/mol. The number of carbonyl (C=O) groups is 1. The van der Waals surface area contributed by atoms with E-state index in [-0.39, 0.29) is 11.7 Å². The Kier molecular flexibility index (Phi) is 5.58. The van der Waals surface area contributed by atoms with Crippen molar-refractivity contribution in [1.29, 1.82) is 0 Å². The molecule has 5 rings (SSSR count). The third-order valence-electron chi connectivity index (χ3n) is 6.18. The second-order valence-corrected chi connectivity index (χ2v) is 9.10. The van der Waals surface area contributed by atoms with Crippen LogP contribution in [0.1, 0.15) is 18.5 Å². The Balaban J connectivity index is 1.62. The van der Waals surface area contributed by atoms with Crippen LogP contribution in [0.2, 0.25) is 5.02 Å². The van der Waals surface area contributed by atoms with Crippen LogP contribution >= 0.6 is 23.8 Å². The maximum absolute atomic E-state index is 13.7. The minimum Gasteiger partial charge on any atom is -0.497 e. The van der Waals surface area contributed by atoms with E-state index in [0.29, 0.717) is 33.0 Å². The number of rotatable bonds is 4. The molecule has 3 aromatic rings. The van der Waals surface area contributed by atoms with Crippen molar-refractivity contribution in [2.24, 2.45) is 5.92 Å². The average molecular weight is 498 g/mol. The first-order valence-electron chi connectivity index (χ1n) is 10.6. The molecule has 0 spiro atoms. The number of ether oxygens (including phenoxy) is 2. The summed E-state index contributed by atoms with van der Waals surface area (Å²) in [5.74, 6) is -0.144. The number of hydrogen-bond donors (Lipinski definition) is 2. The van der Waals surface area contributed by atoms with Gasteiger partial charge in [-0.3, -0.25) is 9.69 Å². The van der Waals surface area contributed by atoms with Gasteiger partial charge in [-0.15, -0.1) is 0 Å². The summed E-state index contributed by atoms with van der Waals surface area (Å²) in [5, 5.41) is 7.22. The second-order valence-electron chi connectivity index (χ2n) is 8.27. The monoisotopic (exact) mass is 497 g/mol. The van der Waals surface area contributed by atoms with Crippen molar-refractivity contribution < 1.29 is 18.7 Å². The van der Waals surface area contributed by atoms with Crippen LogP contribution < -0.4 is 25.0 Å². The first kappa shape index (κ1) is 22.4. The van der Waals surface area contributed by atoms with Gasteiger partial charge in [-0.05, 0) is 85.9 Å². The molecule has 2 aliphatic rings. The smallest absolute Gasteiger partial charge is 0.236 e. The quantitative estimate of drug-likeness (QED) is 0.478. The molecular formula is C25H21ClFN3O3S. The molecule has 2 heterocycles. The molecule has 0 unspecified atom stereocenters. The number of nitrogens with zero attached hydrogens (tertiary/aromatic N) is 1. The molecular weight excluding hydrogens is 477 g/mol. The number of carbonyl (C=O) groups excluding carboxylic acids is 1. The summed E-state index contributed by atoms with van der Waals surface area (Å²) in [5.41, 5.74) is 0.752. The van der Waals surface area contributed by atoms with Gasteiger partial charge in [-0.2, -0.15) is 0 Å². The van der Waals surface area contributed by atoms with Crippen molar-refractivity contribution in [1.82, 2.24) is 5.32 Å². The molecule has 0 aromatic heterocycles. The molecule has 2 aliphatic heterocycles. The van der Waals surface area contributed by atoms with Crippen LogP contribution in [0.15, 0.2) is 66.7 Å². The predicted octanol–water partition coefficient (Wildman–Crippen LogP) is 5.29. The molecule has 6 nitrogen and oxygen atoms in total. The zero-order valence-corrected chi connectivity index (χ0v) is 19.9. The average Bonchev–Trinajstić information content (AvgIpc) is 2.81. The van der Waals surface area contributed by atoms with Crippen molar-refractivity contribution in [3.63, 3.8) is 0 Å². The summed E-state index contributed by atoms with van der Waals surface area (Å²) < 4.78 is 25.6. The van der Waals surface area contributed by atoms with Crippen molar-refractivity contribution >= 4 is 46.2 Å². The first-order valence-corrected chi connectivity index (χ1v) is 11.4. The number of anilines is 2. The van der Waals surface area contributed by atoms with E-state index >= 15 is 0 Å². The largest absolute Gasteiger partial charge is 0.497 e. The zero-order chi connectivity index (χ0) is 24.0. The molecule has 1 saturated heterocycles. The highest BCUT2D eigenvalue weighted by Gasteiger charge is 2.59. The summed E-state index contributed by atoms with van der Waals surface area (Å²) in [6.45, 7) is 1.82. The Hall–Kier alpha value is -3.36. The van der Waals surface area contributed by atoms with E-state index in [9.17, 15) is 9.18 Å². The summed E-state index contributed by atoms with van der Waals surface area (Å²) in [7, 11) is 1.58. The second kappa shape index (κ2) is 8.45. The Morgan fingerprint density at radius 1 is 1.18 bits per heavy atom. The lowest BCUT2D eigenvalue weighted by atomic mass is 9.78. The van der Waals surface area contributed by atoms with Gasteiger partial charge in [0.05, 0.1) is 13.2 Å². The lowest BCUT2D eigenvalue weighted by Crippen LogP contribution is -2.72. The van der Waals surface area contributed by atoms with Crippen molar-refractivity contribution in [2.75, 3.05) is 17.3 Å². The highest BCUT2D eigenvalue weighted by atomic mass is 35.5. The number of amides is 1. The molecule has 0 aliphatic carbocycles. The molecule has 34 heavy (non-hydrogen) atoms. The summed E-state index contributed by atoms with van der Waals surface area (Å²) in [6, 6.07) is 17.7. The number of methoxy groups -OCH3 is 1. The Bertz CT molecular complexity index is 1270. The fourth-order valence-electron chi connectivity index (χ4n) is 4.62. The normalized spacial score (nSPS) is 22.8. The molecule has 2 bridgehead atoms. The summed E-state index contributed by atoms with van der Waals surface area (Å²) in [4.78, 5) is 15.5. The van der Waals surface area contributed by atoms with Crippen LogP contribution in [0.4, 0.5) is 15.8 Å². The van der Waals surface area contributed by atoms with E-state index in [1.54, 1.807) is 54.5 Å². The summed E-state index contributed by atoms with van der Waals surface area (Å²) >= 11 is 11.7. The third kappa shape index (κ3) is 3.73. The van der Waals surface area contributed by atoms with Gasteiger partial charge in [-0.25, -0.2) is 4.39 Å². The SMILES string of the molecule is COc1ccc2c(c1)[C@H]1NC(=S)N(c3ccc(F)cc3)[C@@](C)(O2)[C@H]1C(=O)Nc1ccc(Cl)cc1. The van der Waals surface area contributed by atoms with E-state index < -0.39 is 17.7 Å². The molecule has 2 N–H and O–H groups in total. The Morgan fingerprint density at radius 2 is 1.88 bits per heavy atom. The topological polar surface area (TPSA) is 62.8 Å². The number of hydrogen-bond acceptors (Lipinski definition) is 4. The highest BCUT2D eigenvalue weighted by Crippen LogP contribution is 2.50. The minimum atomic E-state index is -1.21. The lowest BCUT2D eigenvalue weighted by molar-refractivity contribution is -0.130. The molecule has 0 radical (unpaired) electrons. The van der Waals surface area contributed by atoms with E-state index in [1.807, 2.05) is 19.1 Å². The zero-order valence-electron chi connectivity index (χ0n) is 18.3. The van der Waals surface area contributed by atoms with Gasteiger partial charge >= 0.3 is 0 Å². The minimum absolute atomic E-state index is 0.273. The van der Waals surface area contributed by atoms with Gasteiger partial charge in [0.25, 0.3) is 0 Å². The fourth-order valence-corrected chi connectivity index (χ4v) is 5.16. The van der Waals surface area contributed by atoms with Crippen molar-refractivity contribution in [3.05, 3.63) is 83.1 Å². The Labute approximate surface area is 206 Å². The molecule has 3 atom stereocenters. The number of nitrogens with one attached hydrogen (secondary N) is 2. The first-order chi connectivity index (χ1) is 16.3. The highest BCUT2D eigenvalue weighted by molar-refractivity contribution is 7.80. The fraction of sp³-hybridized carbons (Fsp3) is 0.200. The van der Waals surface area contributed by atoms with Crippen LogP contribution in [-0.2, 0) is 4.79 Å². The van der Waals surface area contributed by atoms with Crippen LogP contribution in [0.5, 0.6) is 11.5 Å². The number of halogens is 2. The van der Waals surface area contributed by atoms with Crippen LogP contribution in [-0.4, -0.2) is 23.9 Å². The van der Waals surface area contributed by atoms with Crippen LogP contribution in [0, 0.1) is 11.7 Å². The number of thiocarbonyl (C=S) groups is 1. The van der Waals surface area contributed by atoms with Gasteiger partial charge in [0.2, 0.25) is 5.91 Å². The summed E-state index contributed by atoms with van der Waals surface area (Å²) in [6.07, 6.45) is 0. The molecule has 3 aromatic carbocycles. The lowest BCUT2D eigenvalue weighted by Gasteiger charge is -2.56. The maximum atomic E-state index is 13.7. The van der Waals surface area contributed by atoms with Crippen LogP contribution in [0.25, 0.3) is 0 Å². The van der Waals surface area contributed by atoms with E-state index in [1.165, 1.54) is 12.1 Å². The van der Waals surface area contributed by atoms with E-state index in [0.717, 1.165) is 5.56 Å². The molecule has 0 saturated carbocycles. The van der Waals surface area contributed by atoms with Gasteiger partial charge in [-0.1, -0.05) is 11.6 Å². The van der Waals surface area contributed by atoms with Gasteiger partial charge in [0, 0.05) is 22.0 Å². The van der Waals surface area contributed by atoms with Gasteiger partial charge in [0.1, 0.15) is 23.2 Å². The van der Waals surface area contributed by atoms with E-state index in [2.05, 4.69) is 10.6 Å². The maximum Gasteiger partial charge on any atom is 0.236 e. The third-order valence-corrected chi connectivity index (χ3v) is 6.74. The van der Waals surface area contributed by atoms with Gasteiger partial charge < -0.3 is 20.1 Å². The van der Waals surface area contributed by atoms with Crippen LogP contribution in [0.3, 0.4) is 0 Å². The number of benzene rings is 3. The number of fused-ring (bicyclic) bond motifs is 4. The standard InChI is InChI=1S/C25H21ClFN3O3S/c1-25-21(23(31)28-16-7-3-14(26)4-8-16)22(19-13-18(32-2)11-12-20(19)33-25)29-24(34)30(25)17-9-5-15(27)6-10-17/h3-13,21-22H,1-2H3,(H,28,31)(H,29,34)/t21-,22-,25+/m1/s1. The Morgan fingerprint density at radius 3 is 2.56 bits per heavy atom. The molecule has 174 valence electrons. The van der Waals surface area contributed by atoms with E-state index in [4.69, 9.17) is 33.3 Å². The molecule has 9 heteroatoms. The molecule has 1 amide bonds.